The Morgan fingerprint density at radius 2 is 2.50 bits per heavy atom. The first-order chi connectivity index (χ1) is 10.6. The van der Waals surface area contributed by atoms with Gasteiger partial charge in [-0.3, -0.25) is 9.69 Å². The van der Waals surface area contributed by atoms with E-state index in [1.807, 2.05) is 11.0 Å². The highest BCUT2D eigenvalue weighted by atomic mass is 16.3. The second-order valence-corrected chi connectivity index (χ2v) is 5.68. The zero-order chi connectivity index (χ0) is 15.6. The fraction of sp³-hybridized carbons (Fsp3) is 0.500. The number of rotatable bonds is 5. The molecular weight excluding hydrogens is 286 g/mol. The topological polar surface area (TPSA) is 98.5 Å². The van der Waals surface area contributed by atoms with Crippen LogP contribution < -0.4 is 0 Å². The van der Waals surface area contributed by atoms with E-state index in [1.165, 1.54) is 6.20 Å². The zero-order valence-corrected chi connectivity index (χ0v) is 12.4. The van der Waals surface area contributed by atoms with Crippen LogP contribution in [0.15, 0.2) is 29.0 Å². The highest BCUT2D eigenvalue weighted by Crippen LogP contribution is 2.29. The van der Waals surface area contributed by atoms with Crippen molar-refractivity contribution in [3.05, 3.63) is 36.0 Å². The second kappa shape index (κ2) is 5.90. The molecule has 0 unspecified atom stereocenters. The van der Waals surface area contributed by atoms with E-state index in [1.54, 1.807) is 24.3 Å². The number of carbonyl (C=O) groups excluding carboxylic acids is 1. The third-order valence-electron chi connectivity index (χ3n) is 3.98. The van der Waals surface area contributed by atoms with E-state index in [0.717, 1.165) is 5.76 Å². The molecule has 8 heteroatoms. The molecule has 1 saturated heterocycles. The minimum absolute atomic E-state index is 0.0131. The Balaban J connectivity index is 1.54. The second-order valence-electron chi connectivity index (χ2n) is 5.68. The van der Waals surface area contributed by atoms with E-state index < -0.39 is 5.60 Å². The van der Waals surface area contributed by atoms with Gasteiger partial charge in [-0.1, -0.05) is 0 Å². The maximum atomic E-state index is 12.2. The van der Waals surface area contributed by atoms with Crippen LogP contribution in [-0.2, 0) is 16.9 Å². The molecule has 0 bridgehead atoms. The lowest BCUT2D eigenvalue weighted by Crippen LogP contribution is -2.39. The Labute approximate surface area is 127 Å². The first kappa shape index (κ1) is 14.7. The van der Waals surface area contributed by atoms with Crippen molar-refractivity contribution in [2.75, 3.05) is 26.7 Å². The fourth-order valence-corrected chi connectivity index (χ4v) is 2.68. The summed E-state index contributed by atoms with van der Waals surface area (Å²) in [5, 5.41) is 20.8. The minimum Gasteiger partial charge on any atom is -0.467 e. The van der Waals surface area contributed by atoms with Crippen LogP contribution in [0.2, 0.25) is 0 Å². The average Bonchev–Trinajstić information content (AvgIpc) is 3.20. The Morgan fingerprint density at radius 3 is 3.18 bits per heavy atom. The molecule has 0 radical (unpaired) electrons. The summed E-state index contributed by atoms with van der Waals surface area (Å²) >= 11 is 0. The van der Waals surface area contributed by atoms with Gasteiger partial charge in [-0.2, -0.15) is 15.4 Å². The van der Waals surface area contributed by atoms with Gasteiger partial charge in [-0.15, -0.1) is 0 Å². The smallest absolute Gasteiger partial charge is 0.236 e. The summed E-state index contributed by atoms with van der Waals surface area (Å²) in [5.74, 6) is 0.733. The largest absolute Gasteiger partial charge is 0.467 e. The molecule has 0 aliphatic carbocycles. The van der Waals surface area contributed by atoms with Crippen LogP contribution in [0.1, 0.15) is 17.9 Å². The quantitative estimate of drug-likeness (QED) is 0.803. The van der Waals surface area contributed by atoms with Crippen LogP contribution in [0.5, 0.6) is 0 Å². The van der Waals surface area contributed by atoms with E-state index in [-0.39, 0.29) is 12.5 Å². The van der Waals surface area contributed by atoms with Crippen LogP contribution >= 0.6 is 0 Å². The van der Waals surface area contributed by atoms with Gasteiger partial charge in [-0.05, 0) is 18.6 Å². The summed E-state index contributed by atoms with van der Waals surface area (Å²) in [7, 11) is 1.74. The Kier molecular flexibility index (Phi) is 3.95. The van der Waals surface area contributed by atoms with E-state index in [9.17, 15) is 9.90 Å². The molecule has 1 atom stereocenters. The molecule has 2 N–H and O–H groups in total. The van der Waals surface area contributed by atoms with Crippen molar-refractivity contribution in [2.24, 2.45) is 0 Å². The molecule has 0 spiro atoms. The number of likely N-dealkylation sites (tertiary alicyclic amines) is 1. The van der Waals surface area contributed by atoms with Gasteiger partial charge in [0.25, 0.3) is 0 Å². The molecule has 1 fully saturated rings. The zero-order valence-electron chi connectivity index (χ0n) is 12.4. The molecule has 1 amide bonds. The number of aromatic nitrogens is 3. The van der Waals surface area contributed by atoms with Crippen molar-refractivity contribution < 1.29 is 14.3 Å². The minimum atomic E-state index is -1.03. The maximum Gasteiger partial charge on any atom is 0.236 e. The van der Waals surface area contributed by atoms with Crippen molar-refractivity contribution in [1.82, 2.24) is 25.2 Å². The molecule has 1 aliphatic rings. The molecule has 0 aromatic carbocycles. The third kappa shape index (κ3) is 3.02. The summed E-state index contributed by atoms with van der Waals surface area (Å²) in [6.07, 6.45) is 3.65. The summed E-state index contributed by atoms with van der Waals surface area (Å²) in [6, 6.07) is 3.63. The lowest BCUT2D eigenvalue weighted by atomic mass is 10.0. The standard InChI is InChI=1S/C14H19N5O3/c1-18(8-11-3-2-6-22-11)13(20)9-19-5-4-14(21,10-19)12-7-15-17-16-12/h2-3,6-7,21H,4-5,8-10H2,1H3,(H,15,16,17)/t14-/m0/s1. The number of amides is 1. The molecule has 0 saturated carbocycles. The van der Waals surface area contributed by atoms with Gasteiger partial charge in [0.1, 0.15) is 17.1 Å². The van der Waals surface area contributed by atoms with Crippen molar-refractivity contribution in [3.63, 3.8) is 0 Å². The summed E-state index contributed by atoms with van der Waals surface area (Å²) < 4.78 is 5.24. The van der Waals surface area contributed by atoms with Gasteiger partial charge < -0.3 is 14.4 Å². The van der Waals surface area contributed by atoms with E-state index in [2.05, 4.69) is 15.4 Å². The molecule has 2 aromatic rings. The molecule has 3 rings (SSSR count). The van der Waals surface area contributed by atoms with Crippen LogP contribution in [0.25, 0.3) is 0 Å². The summed E-state index contributed by atoms with van der Waals surface area (Å²) in [5.41, 5.74) is -0.515. The highest BCUT2D eigenvalue weighted by molar-refractivity contribution is 5.78. The summed E-state index contributed by atoms with van der Waals surface area (Å²) in [4.78, 5) is 15.8. The number of β-amino-alcohol motifs (C(OH)–C–C–N with tert-alkyl or cyclic N) is 1. The summed E-state index contributed by atoms with van der Waals surface area (Å²) in [6.45, 7) is 1.72. The average molecular weight is 305 g/mol. The van der Waals surface area contributed by atoms with Crippen molar-refractivity contribution in [2.45, 2.75) is 18.6 Å². The number of nitrogens with zero attached hydrogens (tertiary/aromatic N) is 4. The Hall–Kier alpha value is -2.19. The van der Waals surface area contributed by atoms with Crippen molar-refractivity contribution in [1.29, 1.82) is 0 Å². The molecular formula is C14H19N5O3. The fourth-order valence-electron chi connectivity index (χ4n) is 2.68. The third-order valence-corrected chi connectivity index (χ3v) is 3.98. The normalized spacial score (nSPS) is 22.1. The molecule has 118 valence electrons. The number of likely N-dealkylation sites (N-methyl/N-ethyl adjacent to an activating group) is 1. The number of aliphatic hydroxyl groups is 1. The van der Waals surface area contributed by atoms with Crippen LogP contribution in [-0.4, -0.2) is 62.9 Å². The molecule has 22 heavy (non-hydrogen) atoms. The number of nitrogens with one attached hydrogen (secondary N) is 1. The number of hydrogen-bond acceptors (Lipinski definition) is 6. The lowest BCUT2D eigenvalue weighted by molar-refractivity contribution is -0.131. The predicted octanol–water partition coefficient (Wildman–Crippen LogP) is -0.0504. The monoisotopic (exact) mass is 305 g/mol. The van der Waals surface area contributed by atoms with Gasteiger partial charge >= 0.3 is 0 Å². The number of hydrogen-bond donors (Lipinski definition) is 2. The van der Waals surface area contributed by atoms with Gasteiger partial charge in [0.05, 0.1) is 25.5 Å². The SMILES string of the molecule is CN(Cc1ccco1)C(=O)CN1CC[C@@](O)(c2cn[nH]n2)C1. The van der Waals surface area contributed by atoms with Gasteiger partial charge in [0, 0.05) is 20.1 Å². The first-order valence-electron chi connectivity index (χ1n) is 7.14. The van der Waals surface area contributed by atoms with Gasteiger partial charge in [-0.25, -0.2) is 0 Å². The number of H-pyrrole nitrogens is 1. The predicted molar refractivity (Wildman–Crippen MR) is 76.5 cm³/mol. The van der Waals surface area contributed by atoms with Crippen LogP contribution in [0.3, 0.4) is 0 Å². The van der Waals surface area contributed by atoms with Crippen molar-refractivity contribution >= 4 is 5.91 Å². The first-order valence-corrected chi connectivity index (χ1v) is 7.14. The van der Waals surface area contributed by atoms with Crippen LogP contribution in [0.4, 0.5) is 0 Å². The molecule has 8 nitrogen and oxygen atoms in total. The van der Waals surface area contributed by atoms with Crippen molar-refractivity contribution in [3.8, 4) is 0 Å². The Morgan fingerprint density at radius 1 is 1.64 bits per heavy atom. The van der Waals surface area contributed by atoms with Gasteiger partial charge in [0.15, 0.2) is 0 Å². The molecule has 1 aliphatic heterocycles. The number of aromatic amines is 1. The van der Waals surface area contributed by atoms with E-state index >= 15 is 0 Å². The molecule has 2 aromatic heterocycles. The number of carbonyl (C=O) groups is 1. The lowest BCUT2D eigenvalue weighted by Gasteiger charge is -2.23. The van der Waals surface area contributed by atoms with E-state index in [0.29, 0.717) is 31.7 Å². The van der Waals surface area contributed by atoms with Crippen LogP contribution in [0, 0.1) is 0 Å². The number of furan rings is 1. The molecule has 3 heterocycles. The van der Waals surface area contributed by atoms with E-state index in [4.69, 9.17) is 4.42 Å². The Bertz CT molecular complexity index is 612. The van der Waals surface area contributed by atoms with Gasteiger partial charge in [0.2, 0.25) is 5.91 Å². The highest BCUT2D eigenvalue weighted by Gasteiger charge is 2.40. The maximum absolute atomic E-state index is 12.2.